The van der Waals surface area contributed by atoms with Crippen LogP contribution in [0.4, 0.5) is 5.69 Å². The molecule has 0 saturated heterocycles. The second kappa shape index (κ2) is 10.9. The lowest BCUT2D eigenvalue weighted by Gasteiger charge is -2.21. The molecule has 0 unspecified atom stereocenters. The van der Waals surface area contributed by atoms with Gasteiger partial charge in [0.15, 0.2) is 0 Å². The van der Waals surface area contributed by atoms with Crippen LogP contribution in [0.5, 0.6) is 0 Å². The van der Waals surface area contributed by atoms with E-state index in [-0.39, 0.29) is 10.6 Å². The van der Waals surface area contributed by atoms with Gasteiger partial charge in [0, 0.05) is 5.02 Å². The van der Waals surface area contributed by atoms with Gasteiger partial charge >= 0.3 is 0 Å². The number of nitrogens with one attached hydrogen (secondary N) is 1. The summed E-state index contributed by atoms with van der Waals surface area (Å²) in [4.78, 5) is 39.6. The van der Waals surface area contributed by atoms with Crippen LogP contribution in [0.1, 0.15) is 34.8 Å². The second-order valence-corrected chi connectivity index (χ2v) is 8.11. The Morgan fingerprint density at radius 2 is 1.55 bits per heavy atom. The minimum absolute atomic E-state index is 0.158. The Kier molecular flexibility index (Phi) is 7.98. The number of hydrazone groups is 1. The van der Waals surface area contributed by atoms with Gasteiger partial charge in [0.1, 0.15) is 6.42 Å². The Balaban J connectivity index is 1.79. The predicted molar refractivity (Wildman–Crippen MR) is 131 cm³/mol. The molecule has 0 heterocycles. The molecule has 3 aromatic carbocycles. The highest BCUT2D eigenvalue weighted by Gasteiger charge is 2.27. The summed E-state index contributed by atoms with van der Waals surface area (Å²) in [6.07, 6.45) is -0.582. The average molecular weight is 482 g/mol. The Hall–Kier alpha value is -3.48. The highest BCUT2D eigenvalue weighted by molar-refractivity contribution is 6.36. The van der Waals surface area contributed by atoms with Gasteiger partial charge in [-0.05, 0) is 55.8 Å². The summed E-state index contributed by atoms with van der Waals surface area (Å²) in [6, 6.07) is 20.2. The number of amides is 3. The third-order valence-electron chi connectivity index (χ3n) is 4.77. The summed E-state index contributed by atoms with van der Waals surface area (Å²) in [5.41, 5.74) is 5.12. The summed E-state index contributed by atoms with van der Waals surface area (Å²) in [5.74, 6) is -1.99. The molecule has 0 saturated carbocycles. The van der Waals surface area contributed by atoms with Crippen LogP contribution in [-0.2, 0) is 9.59 Å². The number of anilines is 1. The molecule has 0 bridgehead atoms. The fraction of sp³-hybridized carbons (Fsp3) is 0.120. The van der Waals surface area contributed by atoms with Crippen molar-refractivity contribution in [3.8, 4) is 0 Å². The number of imide groups is 1. The van der Waals surface area contributed by atoms with Crippen LogP contribution in [-0.4, -0.2) is 23.4 Å². The number of aryl methyl sites for hydroxylation is 1. The van der Waals surface area contributed by atoms with Gasteiger partial charge < -0.3 is 0 Å². The van der Waals surface area contributed by atoms with Crippen molar-refractivity contribution in [1.82, 2.24) is 5.43 Å². The molecule has 3 rings (SSSR count). The zero-order valence-electron chi connectivity index (χ0n) is 18.0. The summed E-state index contributed by atoms with van der Waals surface area (Å²) in [7, 11) is 0. The fourth-order valence-electron chi connectivity index (χ4n) is 2.98. The first-order valence-electron chi connectivity index (χ1n) is 10.0. The van der Waals surface area contributed by atoms with E-state index in [4.69, 9.17) is 23.2 Å². The van der Waals surface area contributed by atoms with Crippen LogP contribution < -0.4 is 10.3 Å². The molecule has 0 atom stereocenters. The van der Waals surface area contributed by atoms with Crippen molar-refractivity contribution in [2.24, 2.45) is 5.10 Å². The van der Waals surface area contributed by atoms with E-state index < -0.39 is 24.1 Å². The van der Waals surface area contributed by atoms with Gasteiger partial charge in [0.05, 0.1) is 22.0 Å². The lowest BCUT2D eigenvalue weighted by molar-refractivity contribution is -0.127. The smallest absolute Gasteiger partial charge is 0.266 e. The van der Waals surface area contributed by atoms with Crippen LogP contribution >= 0.6 is 23.2 Å². The molecule has 3 aromatic rings. The van der Waals surface area contributed by atoms with E-state index in [1.54, 1.807) is 73.7 Å². The normalized spacial score (nSPS) is 11.1. The number of rotatable bonds is 6. The lowest BCUT2D eigenvalue weighted by Crippen LogP contribution is -2.39. The molecule has 0 aliphatic heterocycles. The van der Waals surface area contributed by atoms with Gasteiger partial charge in [-0.1, -0.05) is 65.2 Å². The van der Waals surface area contributed by atoms with E-state index in [1.165, 1.54) is 6.07 Å². The minimum Gasteiger partial charge on any atom is -0.273 e. The first-order chi connectivity index (χ1) is 15.8. The Morgan fingerprint density at radius 3 is 2.18 bits per heavy atom. The zero-order valence-corrected chi connectivity index (χ0v) is 19.5. The van der Waals surface area contributed by atoms with Crippen molar-refractivity contribution in [3.63, 3.8) is 0 Å². The van der Waals surface area contributed by atoms with E-state index in [0.29, 0.717) is 16.4 Å². The number of halogens is 2. The number of carbonyl (C=O) groups excluding carboxylic acids is 3. The van der Waals surface area contributed by atoms with Crippen LogP contribution in [0.15, 0.2) is 77.9 Å². The second-order valence-electron chi connectivity index (χ2n) is 7.27. The van der Waals surface area contributed by atoms with Crippen molar-refractivity contribution in [2.75, 3.05) is 4.90 Å². The highest BCUT2D eigenvalue weighted by Crippen LogP contribution is 2.23. The van der Waals surface area contributed by atoms with E-state index in [9.17, 15) is 14.4 Å². The van der Waals surface area contributed by atoms with Gasteiger partial charge in [0.25, 0.3) is 5.91 Å². The van der Waals surface area contributed by atoms with Crippen LogP contribution in [0.25, 0.3) is 0 Å². The van der Waals surface area contributed by atoms with Crippen LogP contribution in [0.3, 0.4) is 0 Å². The topological polar surface area (TPSA) is 78.8 Å². The van der Waals surface area contributed by atoms with Gasteiger partial charge in [0.2, 0.25) is 11.8 Å². The first-order valence-corrected chi connectivity index (χ1v) is 10.8. The molecular weight excluding hydrogens is 461 g/mol. The van der Waals surface area contributed by atoms with Crippen LogP contribution in [0, 0.1) is 6.92 Å². The van der Waals surface area contributed by atoms with Gasteiger partial charge in [-0.25, -0.2) is 10.3 Å². The fourth-order valence-corrected chi connectivity index (χ4v) is 3.32. The molecule has 8 heteroatoms. The molecule has 168 valence electrons. The maximum atomic E-state index is 13.2. The Bertz CT molecular complexity index is 1210. The number of benzene rings is 3. The molecule has 1 N–H and O–H groups in total. The average Bonchev–Trinajstić information content (AvgIpc) is 2.79. The third kappa shape index (κ3) is 6.28. The molecule has 0 aromatic heterocycles. The van der Waals surface area contributed by atoms with Crippen molar-refractivity contribution < 1.29 is 14.4 Å². The molecule has 6 nitrogen and oxygen atoms in total. The lowest BCUT2D eigenvalue weighted by atomic mass is 10.1. The van der Waals surface area contributed by atoms with Crippen molar-refractivity contribution in [3.05, 3.63) is 99.5 Å². The minimum atomic E-state index is -0.708. The summed E-state index contributed by atoms with van der Waals surface area (Å²) >= 11 is 12.1. The van der Waals surface area contributed by atoms with Gasteiger partial charge in [-0.2, -0.15) is 5.10 Å². The third-order valence-corrected chi connectivity index (χ3v) is 5.35. The maximum Gasteiger partial charge on any atom is 0.266 e. The zero-order chi connectivity index (χ0) is 24.0. The van der Waals surface area contributed by atoms with E-state index in [2.05, 4.69) is 10.5 Å². The van der Waals surface area contributed by atoms with Crippen molar-refractivity contribution in [2.45, 2.75) is 20.3 Å². The molecule has 0 aliphatic carbocycles. The molecule has 0 aliphatic rings. The number of hydrogen-bond acceptors (Lipinski definition) is 4. The monoisotopic (exact) mass is 481 g/mol. The van der Waals surface area contributed by atoms with Gasteiger partial charge in [-0.3, -0.25) is 14.4 Å². The summed E-state index contributed by atoms with van der Waals surface area (Å²) < 4.78 is 0. The van der Waals surface area contributed by atoms with Gasteiger partial charge in [-0.15, -0.1) is 0 Å². The summed E-state index contributed by atoms with van der Waals surface area (Å²) in [6.45, 7) is 3.60. The Morgan fingerprint density at radius 1 is 0.909 bits per heavy atom. The molecule has 33 heavy (non-hydrogen) atoms. The molecule has 0 fully saturated rings. The maximum absolute atomic E-state index is 13.2. The van der Waals surface area contributed by atoms with E-state index in [0.717, 1.165) is 16.0 Å². The van der Waals surface area contributed by atoms with E-state index in [1.807, 2.05) is 6.92 Å². The van der Waals surface area contributed by atoms with Crippen LogP contribution in [0.2, 0.25) is 10.0 Å². The van der Waals surface area contributed by atoms with E-state index >= 15 is 0 Å². The highest BCUT2D eigenvalue weighted by atomic mass is 35.5. The molecule has 0 spiro atoms. The summed E-state index contributed by atoms with van der Waals surface area (Å²) in [5, 5.41) is 4.83. The molecule has 3 amide bonds. The largest absolute Gasteiger partial charge is 0.273 e. The number of carbonyl (C=O) groups is 3. The quantitative estimate of drug-likeness (QED) is 0.290. The number of nitrogens with zero attached hydrogens (tertiary/aromatic N) is 2. The number of hydrogen-bond donors (Lipinski definition) is 1. The SMILES string of the molecule is C/C(=N\NC(=O)CC(=O)N(C(=O)c1ccccc1Cl)c1ccc(C)cc1)c1ccc(Cl)cc1. The van der Waals surface area contributed by atoms with Crippen molar-refractivity contribution in [1.29, 1.82) is 0 Å². The Labute approximate surface area is 201 Å². The predicted octanol–water partition coefficient (Wildman–Crippen LogP) is 5.41. The molecular formula is C25H21Cl2N3O3. The van der Waals surface area contributed by atoms with Crippen molar-refractivity contribution >= 4 is 52.3 Å². The standard InChI is InChI=1S/C25H21Cl2N3O3/c1-16-7-13-20(14-8-16)30(25(33)21-5-3-4-6-22(21)27)24(32)15-23(31)29-28-17(2)18-9-11-19(26)12-10-18/h3-14H,15H2,1-2H3,(H,29,31)/b28-17+. The molecule has 0 radical (unpaired) electrons. The first kappa shape index (κ1) is 24.2.